The van der Waals surface area contributed by atoms with Crippen LogP contribution < -0.4 is 10.6 Å². The van der Waals surface area contributed by atoms with Gasteiger partial charge in [0.25, 0.3) is 0 Å². The highest BCUT2D eigenvalue weighted by Gasteiger charge is 2.34. The summed E-state index contributed by atoms with van der Waals surface area (Å²) in [7, 11) is 0. The Morgan fingerprint density at radius 3 is 2.69 bits per heavy atom. The van der Waals surface area contributed by atoms with Gasteiger partial charge in [-0.2, -0.15) is 0 Å². The third-order valence-corrected chi connectivity index (χ3v) is 5.14. The topological polar surface area (TPSA) is 94.8 Å². The van der Waals surface area contributed by atoms with E-state index >= 15 is 0 Å². The van der Waals surface area contributed by atoms with Crippen molar-refractivity contribution in [1.29, 1.82) is 0 Å². The number of hydrogen-bond donors (Lipinski definition) is 3. The summed E-state index contributed by atoms with van der Waals surface area (Å²) in [6.45, 7) is 6.61. The van der Waals surface area contributed by atoms with E-state index in [-0.39, 0.29) is 24.7 Å². The predicted molar refractivity (Wildman–Crippen MR) is 99.5 cm³/mol. The number of likely N-dealkylation sites (N-methyl/N-ethyl adjacent to an activating group) is 1. The van der Waals surface area contributed by atoms with E-state index in [1.54, 1.807) is 0 Å². The van der Waals surface area contributed by atoms with E-state index in [0.29, 0.717) is 6.54 Å². The van der Waals surface area contributed by atoms with Gasteiger partial charge in [0.15, 0.2) is 0 Å². The van der Waals surface area contributed by atoms with Gasteiger partial charge in [0.2, 0.25) is 0 Å². The fourth-order valence-electron chi connectivity index (χ4n) is 3.45. The minimum atomic E-state index is -0.818. The van der Waals surface area contributed by atoms with E-state index in [0.717, 1.165) is 40.8 Å². The highest BCUT2D eigenvalue weighted by Crippen LogP contribution is 2.28. The summed E-state index contributed by atoms with van der Waals surface area (Å²) >= 11 is 0. The lowest BCUT2D eigenvalue weighted by molar-refractivity contribution is -0.139. The Labute approximate surface area is 152 Å². The van der Waals surface area contributed by atoms with E-state index in [9.17, 15) is 9.59 Å². The van der Waals surface area contributed by atoms with Crippen molar-refractivity contribution in [3.8, 4) is 0 Å². The van der Waals surface area contributed by atoms with E-state index < -0.39 is 5.97 Å². The van der Waals surface area contributed by atoms with Gasteiger partial charge in [-0.25, -0.2) is 4.79 Å². The molecule has 0 atom stereocenters. The summed E-state index contributed by atoms with van der Waals surface area (Å²) in [5.41, 5.74) is 2.60. The molecule has 0 aliphatic heterocycles. The number of hydrogen-bond acceptors (Lipinski definition) is 4. The second kappa shape index (κ2) is 7.37. The average Bonchev–Trinajstić information content (AvgIpc) is 2.83. The van der Waals surface area contributed by atoms with Crippen molar-refractivity contribution >= 4 is 28.7 Å². The monoisotopic (exact) mass is 359 g/mol. The lowest BCUT2D eigenvalue weighted by Gasteiger charge is -2.42. The summed E-state index contributed by atoms with van der Waals surface area (Å²) in [6, 6.07) is 5.64. The van der Waals surface area contributed by atoms with Crippen LogP contribution in [0.25, 0.3) is 11.0 Å². The van der Waals surface area contributed by atoms with Gasteiger partial charge in [-0.05, 0) is 57.0 Å². The molecule has 1 heterocycles. The molecule has 0 unspecified atom stereocenters. The SMILES string of the molecule is CCN(CC(=O)O)C1CC(NC(=O)Nc2ccc3oc(C)c(C)c3c2)C1. The van der Waals surface area contributed by atoms with Crippen LogP contribution in [0, 0.1) is 13.8 Å². The van der Waals surface area contributed by atoms with Gasteiger partial charge in [0.1, 0.15) is 11.3 Å². The van der Waals surface area contributed by atoms with Crippen LogP contribution in [0.4, 0.5) is 10.5 Å². The number of carboxylic acid groups (broad SMARTS) is 1. The third-order valence-electron chi connectivity index (χ3n) is 5.14. The zero-order valence-electron chi connectivity index (χ0n) is 15.3. The molecule has 3 N–H and O–H groups in total. The van der Waals surface area contributed by atoms with Crippen molar-refractivity contribution in [2.75, 3.05) is 18.4 Å². The number of amides is 2. The number of carboxylic acids is 1. The number of nitrogens with one attached hydrogen (secondary N) is 2. The quantitative estimate of drug-likeness (QED) is 0.737. The molecular weight excluding hydrogens is 334 g/mol. The molecule has 140 valence electrons. The molecule has 7 heteroatoms. The number of aliphatic carboxylic acids is 1. The number of fused-ring (bicyclic) bond motifs is 1. The van der Waals surface area contributed by atoms with E-state index in [4.69, 9.17) is 9.52 Å². The van der Waals surface area contributed by atoms with E-state index in [1.807, 2.05) is 43.9 Å². The van der Waals surface area contributed by atoms with Crippen molar-refractivity contribution < 1.29 is 19.1 Å². The molecule has 1 fully saturated rings. The molecule has 26 heavy (non-hydrogen) atoms. The standard InChI is InChI=1S/C19H25N3O4/c1-4-22(10-18(23)24)15-7-14(8-15)21-19(25)20-13-5-6-17-16(9-13)11(2)12(3)26-17/h5-6,9,14-15H,4,7-8,10H2,1-3H3,(H,23,24)(H2,20,21,25). The Balaban J connectivity index is 1.52. The molecule has 2 aromatic rings. The normalized spacial score (nSPS) is 19.4. The van der Waals surface area contributed by atoms with Crippen molar-refractivity contribution in [3.63, 3.8) is 0 Å². The van der Waals surface area contributed by atoms with Crippen LogP contribution in [0.3, 0.4) is 0 Å². The Morgan fingerprint density at radius 2 is 2.04 bits per heavy atom. The number of urea groups is 1. The summed E-state index contributed by atoms with van der Waals surface area (Å²) in [5, 5.41) is 15.7. The lowest BCUT2D eigenvalue weighted by Crippen LogP contribution is -2.55. The molecule has 2 amide bonds. The van der Waals surface area contributed by atoms with Crippen LogP contribution in [-0.2, 0) is 4.79 Å². The second-order valence-corrected chi connectivity index (χ2v) is 6.87. The number of anilines is 1. The Morgan fingerprint density at radius 1 is 1.31 bits per heavy atom. The highest BCUT2D eigenvalue weighted by molar-refractivity contribution is 5.93. The molecule has 7 nitrogen and oxygen atoms in total. The van der Waals surface area contributed by atoms with Crippen LogP contribution in [0.5, 0.6) is 0 Å². The lowest BCUT2D eigenvalue weighted by atomic mass is 9.85. The molecule has 1 aromatic heterocycles. The van der Waals surface area contributed by atoms with Gasteiger partial charge in [0.05, 0.1) is 6.54 Å². The number of rotatable bonds is 6. The molecular formula is C19H25N3O4. The molecule has 1 aliphatic carbocycles. The molecule has 1 aliphatic rings. The van der Waals surface area contributed by atoms with Gasteiger partial charge in [-0.1, -0.05) is 6.92 Å². The van der Waals surface area contributed by atoms with Gasteiger partial charge in [0, 0.05) is 23.2 Å². The number of carbonyl (C=O) groups excluding carboxylic acids is 1. The number of furan rings is 1. The first-order valence-corrected chi connectivity index (χ1v) is 8.90. The molecule has 0 saturated heterocycles. The number of nitrogens with zero attached hydrogens (tertiary/aromatic N) is 1. The third kappa shape index (κ3) is 3.83. The summed E-state index contributed by atoms with van der Waals surface area (Å²) in [6.07, 6.45) is 1.54. The van der Waals surface area contributed by atoms with Crippen LogP contribution >= 0.6 is 0 Å². The van der Waals surface area contributed by atoms with Crippen LogP contribution in [0.15, 0.2) is 22.6 Å². The van der Waals surface area contributed by atoms with Gasteiger partial charge in [-0.3, -0.25) is 9.69 Å². The largest absolute Gasteiger partial charge is 0.480 e. The maximum atomic E-state index is 12.2. The van der Waals surface area contributed by atoms with Crippen molar-refractivity contribution in [1.82, 2.24) is 10.2 Å². The zero-order valence-corrected chi connectivity index (χ0v) is 15.3. The Hall–Kier alpha value is -2.54. The minimum Gasteiger partial charge on any atom is -0.480 e. The van der Waals surface area contributed by atoms with E-state index in [1.165, 1.54) is 0 Å². The number of carbonyl (C=O) groups is 2. The van der Waals surface area contributed by atoms with Crippen LogP contribution in [0.2, 0.25) is 0 Å². The summed E-state index contributed by atoms with van der Waals surface area (Å²) in [4.78, 5) is 25.0. The predicted octanol–water partition coefficient (Wildman–Crippen LogP) is 3.11. The molecule has 0 radical (unpaired) electrons. The number of benzene rings is 1. The smallest absolute Gasteiger partial charge is 0.319 e. The van der Waals surface area contributed by atoms with Crippen molar-refractivity contribution in [3.05, 3.63) is 29.5 Å². The highest BCUT2D eigenvalue weighted by atomic mass is 16.4. The summed E-state index contributed by atoms with van der Waals surface area (Å²) in [5.74, 6) is 0.0603. The molecule has 3 rings (SSSR count). The maximum absolute atomic E-state index is 12.2. The van der Waals surface area contributed by atoms with Crippen LogP contribution in [-0.4, -0.2) is 47.2 Å². The molecule has 1 aromatic carbocycles. The fraction of sp³-hybridized carbons (Fsp3) is 0.474. The summed E-state index contributed by atoms with van der Waals surface area (Å²) < 4.78 is 5.65. The van der Waals surface area contributed by atoms with Gasteiger partial charge < -0.3 is 20.2 Å². The Bertz CT molecular complexity index is 824. The molecule has 0 bridgehead atoms. The zero-order chi connectivity index (χ0) is 18.8. The first kappa shape index (κ1) is 18.3. The number of aryl methyl sites for hydroxylation is 2. The molecule has 1 saturated carbocycles. The maximum Gasteiger partial charge on any atom is 0.319 e. The molecule has 0 spiro atoms. The second-order valence-electron chi connectivity index (χ2n) is 6.87. The van der Waals surface area contributed by atoms with Gasteiger partial charge in [-0.15, -0.1) is 0 Å². The first-order valence-electron chi connectivity index (χ1n) is 8.90. The van der Waals surface area contributed by atoms with Crippen LogP contribution in [0.1, 0.15) is 31.1 Å². The van der Waals surface area contributed by atoms with Gasteiger partial charge >= 0.3 is 12.0 Å². The fourth-order valence-corrected chi connectivity index (χ4v) is 3.45. The Kier molecular flexibility index (Phi) is 5.18. The van der Waals surface area contributed by atoms with Crippen molar-refractivity contribution in [2.45, 2.75) is 45.7 Å². The minimum absolute atomic E-state index is 0.0452. The average molecular weight is 359 g/mol. The van der Waals surface area contributed by atoms with Crippen molar-refractivity contribution in [2.24, 2.45) is 0 Å². The first-order chi connectivity index (χ1) is 12.4. The van der Waals surface area contributed by atoms with E-state index in [2.05, 4.69) is 10.6 Å².